The molecule has 4 rings (SSSR count). The van der Waals surface area contributed by atoms with Gasteiger partial charge in [-0.3, -0.25) is 0 Å². The number of hydrogen-bond donors (Lipinski definition) is 0. The summed E-state index contributed by atoms with van der Waals surface area (Å²) in [6, 6.07) is 13.0. The number of amides is 2. The van der Waals surface area contributed by atoms with Crippen molar-refractivity contribution in [2.75, 3.05) is 39.3 Å². The molecule has 0 atom stereocenters. The zero-order chi connectivity index (χ0) is 18.9. The first kappa shape index (κ1) is 18.3. The van der Waals surface area contributed by atoms with Crippen molar-refractivity contribution in [3.63, 3.8) is 0 Å². The standard InChI is InChI=1S/C20H25N3O3S/c24-20(21-11-4-1-5-12-21)22-13-15-23(16-14-22)27(25,26)19-10-6-8-17-7-2-3-9-18(17)19/h2-3,6-10H,1,4-5,11-16H2. The third kappa shape index (κ3) is 3.53. The molecule has 2 amide bonds. The molecule has 0 unspecified atom stereocenters. The summed E-state index contributed by atoms with van der Waals surface area (Å²) in [5.41, 5.74) is 0. The van der Waals surface area contributed by atoms with Crippen LogP contribution in [0.3, 0.4) is 0 Å². The molecule has 6 nitrogen and oxygen atoms in total. The van der Waals surface area contributed by atoms with Gasteiger partial charge in [0.25, 0.3) is 0 Å². The number of rotatable bonds is 2. The van der Waals surface area contributed by atoms with E-state index >= 15 is 0 Å². The van der Waals surface area contributed by atoms with Crippen molar-refractivity contribution in [1.29, 1.82) is 0 Å². The van der Waals surface area contributed by atoms with Gasteiger partial charge in [-0.25, -0.2) is 13.2 Å². The maximum absolute atomic E-state index is 13.2. The normalized spacial score (nSPS) is 19.4. The lowest BCUT2D eigenvalue weighted by Crippen LogP contribution is -2.54. The van der Waals surface area contributed by atoms with Crippen molar-refractivity contribution in [3.05, 3.63) is 42.5 Å². The molecule has 0 spiro atoms. The first-order chi connectivity index (χ1) is 13.1. The van der Waals surface area contributed by atoms with Crippen LogP contribution in [-0.2, 0) is 10.0 Å². The molecule has 0 bridgehead atoms. The molecule has 2 heterocycles. The number of piperazine rings is 1. The second-order valence-electron chi connectivity index (χ2n) is 7.20. The number of carbonyl (C=O) groups excluding carboxylic acids is 1. The molecule has 144 valence electrons. The Bertz CT molecular complexity index is 925. The highest BCUT2D eigenvalue weighted by atomic mass is 32.2. The Labute approximate surface area is 160 Å². The SMILES string of the molecule is O=C(N1CCCCC1)N1CCN(S(=O)(=O)c2cccc3ccccc23)CC1. The maximum Gasteiger partial charge on any atom is 0.320 e. The quantitative estimate of drug-likeness (QED) is 0.796. The van der Waals surface area contributed by atoms with Crippen LogP contribution in [0.2, 0.25) is 0 Å². The molecule has 2 aliphatic heterocycles. The molecule has 27 heavy (non-hydrogen) atoms. The summed E-state index contributed by atoms with van der Waals surface area (Å²) in [4.78, 5) is 16.7. The topological polar surface area (TPSA) is 60.9 Å². The Hall–Kier alpha value is -2.12. The summed E-state index contributed by atoms with van der Waals surface area (Å²) in [5, 5.41) is 1.66. The van der Waals surface area contributed by atoms with Gasteiger partial charge < -0.3 is 9.80 Å². The predicted molar refractivity (Wildman–Crippen MR) is 105 cm³/mol. The van der Waals surface area contributed by atoms with Crippen LogP contribution in [0.15, 0.2) is 47.4 Å². The Morgan fingerprint density at radius 2 is 1.37 bits per heavy atom. The zero-order valence-corrected chi connectivity index (χ0v) is 16.2. The molecule has 0 radical (unpaired) electrons. The van der Waals surface area contributed by atoms with E-state index in [4.69, 9.17) is 0 Å². The van der Waals surface area contributed by atoms with E-state index in [2.05, 4.69) is 0 Å². The van der Waals surface area contributed by atoms with Gasteiger partial charge in [0.1, 0.15) is 0 Å². The summed E-state index contributed by atoms with van der Waals surface area (Å²) >= 11 is 0. The van der Waals surface area contributed by atoms with Crippen LogP contribution in [0.5, 0.6) is 0 Å². The van der Waals surface area contributed by atoms with Gasteiger partial charge in [0.2, 0.25) is 10.0 Å². The smallest absolute Gasteiger partial charge is 0.320 e. The molecule has 0 saturated carbocycles. The molecule has 2 saturated heterocycles. The van der Waals surface area contributed by atoms with Crippen LogP contribution in [0.1, 0.15) is 19.3 Å². The number of likely N-dealkylation sites (tertiary alicyclic amines) is 1. The molecule has 0 aliphatic carbocycles. The highest BCUT2D eigenvalue weighted by Gasteiger charge is 2.32. The van der Waals surface area contributed by atoms with Crippen molar-refractivity contribution >= 4 is 26.8 Å². The maximum atomic E-state index is 13.2. The molecule has 2 aliphatic rings. The minimum absolute atomic E-state index is 0.0527. The van der Waals surface area contributed by atoms with Gasteiger partial charge in [-0.2, -0.15) is 4.31 Å². The van der Waals surface area contributed by atoms with E-state index < -0.39 is 10.0 Å². The second-order valence-corrected chi connectivity index (χ2v) is 9.11. The molecule has 2 aromatic carbocycles. The van der Waals surface area contributed by atoms with Gasteiger partial charge in [0.05, 0.1) is 4.90 Å². The van der Waals surface area contributed by atoms with E-state index in [-0.39, 0.29) is 6.03 Å². The number of carbonyl (C=O) groups is 1. The van der Waals surface area contributed by atoms with E-state index in [1.807, 2.05) is 35.2 Å². The monoisotopic (exact) mass is 387 g/mol. The summed E-state index contributed by atoms with van der Waals surface area (Å²) in [5.74, 6) is 0. The highest BCUT2D eigenvalue weighted by Crippen LogP contribution is 2.26. The molecular formula is C20H25N3O3S. The van der Waals surface area contributed by atoms with Crippen molar-refractivity contribution < 1.29 is 13.2 Å². The molecule has 7 heteroatoms. The zero-order valence-electron chi connectivity index (χ0n) is 15.4. The van der Waals surface area contributed by atoms with E-state index in [1.165, 1.54) is 10.7 Å². The lowest BCUT2D eigenvalue weighted by Gasteiger charge is -2.38. The van der Waals surface area contributed by atoms with Crippen molar-refractivity contribution in [2.24, 2.45) is 0 Å². The first-order valence-corrected chi connectivity index (χ1v) is 11.0. The van der Waals surface area contributed by atoms with Gasteiger partial charge in [-0.05, 0) is 30.7 Å². The Balaban J connectivity index is 1.49. The van der Waals surface area contributed by atoms with Gasteiger partial charge >= 0.3 is 6.03 Å². The number of hydrogen-bond acceptors (Lipinski definition) is 3. The predicted octanol–water partition coefficient (Wildman–Crippen LogP) is 2.75. The molecule has 2 fully saturated rings. The first-order valence-electron chi connectivity index (χ1n) is 9.59. The van der Waals surface area contributed by atoms with Crippen molar-refractivity contribution in [2.45, 2.75) is 24.2 Å². The van der Waals surface area contributed by atoms with Gasteiger partial charge in [-0.15, -0.1) is 0 Å². The van der Waals surface area contributed by atoms with Crippen LogP contribution in [0.25, 0.3) is 10.8 Å². The van der Waals surface area contributed by atoms with E-state index in [0.717, 1.165) is 36.7 Å². The van der Waals surface area contributed by atoms with E-state index in [1.54, 1.807) is 17.0 Å². The number of nitrogens with zero attached hydrogens (tertiary/aromatic N) is 3. The minimum atomic E-state index is -3.58. The number of fused-ring (bicyclic) bond motifs is 1. The molecule has 0 aromatic heterocycles. The third-order valence-electron chi connectivity index (χ3n) is 5.50. The average molecular weight is 388 g/mol. The number of sulfonamides is 1. The van der Waals surface area contributed by atoms with Gasteiger partial charge in [0.15, 0.2) is 0 Å². The van der Waals surface area contributed by atoms with Crippen molar-refractivity contribution in [3.8, 4) is 0 Å². The molecule has 2 aromatic rings. The van der Waals surface area contributed by atoms with Crippen LogP contribution < -0.4 is 0 Å². The number of piperidine rings is 1. The van der Waals surface area contributed by atoms with Crippen molar-refractivity contribution in [1.82, 2.24) is 14.1 Å². The van der Waals surface area contributed by atoms with Gasteiger partial charge in [0, 0.05) is 44.7 Å². The van der Waals surface area contributed by atoms with E-state index in [0.29, 0.717) is 31.1 Å². The summed E-state index contributed by atoms with van der Waals surface area (Å²) in [6.45, 7) is 3.19. The number of urea groups is 1. The van der Waals surface area contributed by atoms with E-state index in [9.17, 15) is 13.2 Å². The average Bonchev–Trinajstić information content (AvgIpc) is 2.73. The van der Waals surface area contributed by atoms with Crippen LogP contribution >= 0.6 is 0 Å². The number of benzene rings is 2. The lowest BCUT2D eigenvalue weighted by molar-refractivity contribution is 0.126. The van der Waals surface area contributed by atoms with Crippen LogP contribution in [0.4, 0.5) is 4.79 Å². The molecular weight excluding hydrogens is 362 g/mol. The summed E-state index contributed by atoms with van der Waals surface area (Å²) in [7, 11) is -3.58. The minimum Gasteiger partial charge on any atom is -0.325 e. The fourth-order valence-electron chi connectivity index (χ4n) is 3.96. The third-order valence-corrected chi connectivity index (χ3v) is 7.46. The Kier molecular flexibility index (Phi) is 5.06. The second kappa shape index (κ2) is 7.48. The highest BCUT2D eigenvalue weighted by molar-refractivity contribution is 7.89. The van der Waals surface area contributed by atoms with Gasteiger partial charge in [-0.1, -0.05) is 36.4 Å². The fourth-order valence-corrected chi connectivity index (χ4v) is 5.60. The fraction of sp³-hybridized carbons (Fsp3) is 0.450. The summed E-state index contributed by atoms with van der Waals surface area (Å²) in [6.07, 6.45) is 3.29. The lowest BCUT2D eigenvalue weighted by atomic mass is 10.1. The molecule has 0 N–H and O–H groups in total. The Morgan fingerprint density at radius 1 is 0.741 bits per heavy atom. The van der Waals surface area contributed by atoms with Crippen LogP contribution in [0, 0.1) is 0 Å². The largest absolute Gasteiger partial charge is 0.325 e. The van der Waals surface area contributed by atoms with Crippen LogP contribution in [-0.4, -0.2) is 67.8 Å². The Morgan fingerprint density at radius 3 is 2.11 bits per heavy atom. The summed E-state index contributed by atoms with van der Waals surface area (Å²) < 4.78 is 27.9.